The van der Waals surface area contributed by atoms with Gasteiger partial charge in [0.15, 0.2) is 0 Å². The number of hydrogen-bond acceptors (Lipinski definition) is 17. The summed E-state index contributed by atoms with van der Waals surface area (Å²) in [4.78, 5) is 82.0. The maximum absolute atomic E-state index is 13.8. The molecule has 454 valence electrons. The molecule has 0 aliphatic carbocycles. The first-order valence-electron chi connectivity index (χ1n) is 29.4. The number of pyridine rings is 1. The van der Waals surface area contributed by atoms with Gasteiger partial charge >= 0.3 is 35.8 Å². The monoisotopic (exact) mass is 1210 g/mol. The summed E-state index contributed by atoms with van der Waals surface area (Å²) in [5.41, 5.74) is 1.49. The molecule has 0 unspecified atom stereocenters. The molecule has 16 nitrogen and oxygen atoms in total. The summed E-state index contributed by atoms with van der Waals surface area (Å²) >= 11 is 1.39. The van der Waals surface area contributed by atoms with Crippen molar-refractivity contribution >= 4 is 69.3 Å². The number of rotatable bonds is 34. The van der Waals surface area contributed by atoms with E-state index in [9.17, 15) is 28.8 Å². The van der Waals surface area contributed by atoms with Crippen molar-refractivity contribution in [1.82, 2.24) is 4.98 Å². The molecule has 0 fully saturated rings. The van der Waals surface area contributed by atoms with Crippen LogP contribution in [0.3, 0.4) is 0 Å². The molecule has 0 atom stereocenters. The van der Waals surface area contributed by atoms with Crippen molar-refractivity contribution in [1.29, 1.82) is 0 Å². The van der Waals surface area contributed by atoms with Crippen LogP contribution in [0.1, 0.15) is 125 Å². The zero-order valence-corrected chi connectivity index (χ0v) is 49.9. The molecule has 0 amide bonds. The first-order valence-corrected chi connectivity index (χ1v) is 30.2. The minimum atomic E-state index is -0.644. The van der Waals surface area contributed by atoms with Crippen LogP contribution < -0.4 is 33.2 Å². The Balaban J connectivity index is 0.882. The first-order chi connectivity index (χ1) is 42.9. The summed E-state index contributed by atoms with van der Waals surface area (Å²) in [6, 6.07) is 43.6. The lowest BCUT2D eigenvalue weighted by molar-refractivity contribution is -0.138. The Kier molecular flexibility index (Phi) is 24.7. The molecular formula is C71H69NO15S. The fourth-order valence-electron chi connectivity index (χ4n) is 8.89. The van der Waals surface area contributed by atoms with Crippen molar-refractivity contribution in [2.75, 3.05) is 33.0 Å². The maximum atomic E-state index is 13.8. The number of nitrogens with zero attached hydrogens (tertiary/aromatic N) is 1. The minimum Gasteiger partial charge on any atom is -0.494 e. The van der Waals surface area contributed by atoms with Crippen LogP contribution in [0.15, 0.2) is 193 Å². The van der Waals surface area contributed by atoms with Crippen molar-refractivity contribution in [3.63, 3.8) is 0 Å². The Morgan fingerprint density at radius 1 is 0.375 bits per heavy atom. The van der Waals surface area contributed by atoms with Gasteiger partial charge in [-0.25, -0.2) is 33.8 Å². The average Bonchev–Trinajstić information content (AvgIpc) is 2.49. The second kappa shape index (κ2) is 33.8. The number of carbonyl (C=O) groups excluding carboxylic acids is 6. The van der Waals surface area contributed by atoms with Crippen LogP contribution in [0, 0.1) is 0 Å². The van der Waals surface area contributed by atoms with Crippen molar-refractivity contribution in [2.45, 2.75) is 93.9 Å². The van der Waals surface area contributed by atoms with Crippen LogP contribution in [0.4, 0.5) is 0 Å². The van der Waals surface area contributed by atoms with Crippen LogP contribution in [0.5, 0.6) is 40.2 Å². The SMILES string of the molecule is C=CC(=O)OCCCCCCOc1ccc(OC(=O)c2ccc(OC(=O)c3ccc4c(c3)nc(Sc3ccc(OCCCCCC)cc3)c3cc(C(=O)Oc5ccc(C(=O)Oc6ccc(OCCCCCCOC(=O)C=C)cc6)cc5)ccc34)cc2)cc1. The highest BCUT2D eigenvalue weighted by atomic mass is 32.2. The summed E-state index contributed by atoms with van der Waals surface area (Å²) in [7, 11) is 0. The molecular weight excluding hydrogens is 1140 g/mol. The highest BCUT2D eigenvalue weighted by molar-refractivity contribution is 7.99. The molecule has 0 aliphatic rings. The van der Waals surface area contributed by atoms with Gasteiger partial charge in [-0.1, -0.05) is 63.2 Å². The molecule has 0 spiro atoms. The van der Waals surface area contributed by atoms with Crippen LogP contribution in [-0.4, -0.2) is 73.8 Å². The van der Waals surface area contributed by atoms with Gasteiger partial charge in [-0.05, 0) is 209 Å². The Morgan fingerprint density at radius 2 is 0.716 bits per heavy atom. The molecule has 0 aliphatic heterocycles. The van der Waals surface area contributed by atoms with Gasteiger partial charge in [-0.3, -0.25) is 0 Å². The zero-order chi connectivity index (χ0) is 61.9. The Hall–Kier alpha value is -9.74. The van der Waals surface area contributed by atoms with E-state index in [0.29, 0.717) is 72.0 Å². The topological polar surface area (TPSA) is 198 Å². The number of carbonyl (C=O) groups is 6. The van der Waals surface area contributed by atoms with Crippen LogP contribution in [-0.2, 0) is 19.1 Å². The third-order valence-corrected chi connectivity index (χ3v) is 14.7. The molecule has 1 aromatic heterocycles. The quantitative estimate of drug-likeness (QED) is 0.0121. The van der Waals surface area contributed by atoms with E-state index >= 15 is 0 Å². The van der Waals surface area contributed by atoms with E-state index in [1.807, 2.05) is 30.3 Å². The molecule has 0 bridgehead atoms. The normalized spacial score (nSPS) is 10.8. The number of aromatic nitrogens is 1. The van der Waals surface area contributed by atoms with Crippen molar-refractivity contribution in [2.24, 2.45) is 0 Å². The summed E-state index contributed by atoms with van der Waals surface area (Å²) in [5.74, 6) is -0.211. The summed E-state index contributed by atoms with van der Waals surface area (Å²) in [6.45, 7) is 11.3. The van der Waals surface area contributed by atoms with Gasteiger partial charge in [0.25, 0.3) is 0 Å². The minimum absolute atomic E-state index is 0.209. The number of fused-ring (bicyclic) bond motifs is 3. The summed E-state index contributed by atoms with van der Waals surface area (Å²) in [5, 5.41) is 2.72. The second-order valence-electron chi connectivity index (χ2n) is 20.2. The van der Waals surface area contributed by atoms with Gasteiger partial charge in [-0.2, -0.15) is 0 Å². The fourth-order valence-corrected chi connectivity index (χ4v) is 9.81. The standard InChI is InChI=1S/C71H69NO15S/c1-4-7-8-13-42-81-55-36-38-60(39-37-55)88-67-63-47-51(70(77)86-56-24-18-49(19-25-56)68(75)84-58-32-28-53(29-33-58)79-43-14-9-11-16-45-82-65(73)5-2)22-40-61(63)62-41-23-52(48-64(62)72-67)71(78)87-57-26-20-50(21-27-57)69(76)85-59-34-30-54(31-35-59)80-44-15-10-12-17-46-83-66(74)6-3/h5-6,18-41,47-48H,2-4,7-17,42-46H2,1H3. The van der Waals surface area contributed by atoms with Gasteiger partial charge in [0.1, 0.15) is 45.3 Å². The van der Waals surface area contributed by atoms with E-state index < -0.39 is 35.8 Å². The Bertz CT molecular complexity index is 3660. The Morgan fingerprint density at radius 3 is 1.14 bits per heavy atom. The van der Waals surface area contributed by atoms with Gasteiger partial charge in [0, 0.05) is 27.8 Å². The lowest BCUT2D eigenvalue weighted by Gasteiger charge is -2.13. The highest BCUT2D eigenvalue weighted by Gasteiger charge is 2.19. The van der Waals surface area contributed by atoms with Crippen LogP contribution in [0.2, 0.25) is 0 Å². The van der Waals surface area contributed by atoms with E-state index in [0.717, 1.165) is 111 Å². The van der Waals surface area contributed by atoms with Gasteiger partial charge in [0.05, 0.1) is 60.8 Å². The third-order valence-electron chi connectivity index (χ3n) is 13.6. The summed E-state index contributed by atoms with van der Waals surface area (Å²) < 4.78 is 50.4. The lowest BCUT2D eigenvalue weighted by atomic mass is 10.0. The molecule has 0 saturated heterocycles. The maximum Gasteiger partial charge on any atom is 0.343 e. The summed E-state index contributed by atoms with van der Waals surface area (Å²) in [6.07, 6.45) is 13.5. The molecule has 17 heteroatoms. The molecule has 8 aromatic rings. The number of esters is 6. The number of benzene rings is 7. The van der Waals surface area contributed by atoms with E-state index in [4.69, 9.17) is 47.6 Å². The molecule has 8 rings (SSSR count). The number of unbranched alkanes of at least 4 members (excludes halogenated alkanes) is 9. The number of hydrogen-bond donors (Lipinski definition) is 0. The smallest absolute Gasteiger partial charge is 0.343 e. The first kappa shape index (κ1) is 64.3. The molecule has 0 N–H and O–H groups in total. The van der Waals surface area contributed by atoms with E-state index in [1.165, 1.54) is 60.3 Å². The van der Waals surface area contributed by atoms with E-state index in [1.54, 1.807) is 78.9 Å². The van der Waals surface area contributed by atoms with Crippen LogP contribution >= 0.6 is 11.8 Å². The lowest BCUT2D eigenvalue weighted by Crippen LogP contribution is -2.11. The van der Waals surface area contributed by atoms with E-state index in [-0.39, 0.29) is 33.8 Å². The van der Waals surface area contributed by atoms with Gasteiger partial charge in [0.2, 0.25) is 0 Å². The molecule has 88 heavy (non-hydrogen) atoms. The fraction of sp³-hybridized carbons (Fsp3) is 0.254. The van der Waals surface area contributed by atoms with Gasteiger partial charge in [-0.15, -0.1) is 0 Å². The van der Waals surface area contributed by atoms with Crippen molar-refractivity contribution < 1.29 is 71.4 Å². The third kappa shape index (κ3) is 19.9. The van der Waals surface area contributed by atoms with Crippen LogP contribution in [0.25, 0.3) is 21.7 Å². The molecule has 7 aromatic carbocycles. The average molecular weight is 1210 g/mol. The molecule has 1 heterocycles. The number of ether oxygens (including phenoxy) is 9. The second-order valence-corrected chi connectivity index (χ2v) is 21.3. The van der Waals surface area contributed by atoms with Crippen molar-refractivity contribution in [3.05, 3.63) is 205 Å². The predicted molar refractivity (Wildman–Crippen MR) is 335 cm³/mol. The Labute approximate surface area is 515 Å². The zero-order valence-electron chi connectivity index (χ0n) is 49.1. The van der Waals surface area contributed by atoms with Gasteiger partial charge < -0.3 is 42.6 Å². The molecule has 0 radical (unpaired) electrons. The largest absolute Gasteiger partial charge is 0.494 e. The predicted octanol–water partition coefficient (Wildman–Crippen LogP) is 15.7. The van der Waals surface area contributed by atoms with Crippen molar-refractivity contribution in [3.8, 4) is 40.2 Å². The highest BCUT2D eigenvalue weighted by Crippen LogP contribution is 2.38. The van der Waals surface area contributed by atoms with E-state index in [2.05, 4.69) is 20.1 Å². The molecule has 0 saturated carbocycles.